The number of aromatic nitrogens is 4. The van der Waals surface area contributed by atoms with Crippen LogP contribution in [0.5, 0.6) is 11.6 Å². The molecule has 0 amide bonds. The van der Waals surface area contributed by atoms with Crippen LogP contribution in [-0.4, -0.2) is 56.3 Å². The van der Waals surface area contributed by atoms with Gasteiger partial charge in [-0.05, 0) is 69.4 Å². The maximum absolute atomic E-state index is 6.97. The lowest BCUT2D eigenvalue weighted by Gasteiger charge is -2.37. The maximum Gasteiger partial charge on any atom is 0.247 e. The Morgan fingerprint density at radius 3 is 2.00 bits per heavy atom. The Labute approximate surface area is 287 Å². The van der Waals surface area contributed by atoms with E-state index in [1.54, 1.807) is 13.4 Å². The van der Waals surface area contributed by atoms with Crippen molar-refractivity contribution in [3.8, 4) is 11.6 Å². The standard InChI is InChI=1S/C39H45N5O5/c1-8-38(9-2)33-37(6,49-36(4,5)47-33)34(48-38)44-25-40-30-31(44)41-35(42-32(30)46-10-3)43-39(26-17-13-11-14-18-26,27-19-15-12-16-20-27)28-21-23-29(45-7)24-22-28/h11-25,33-34H,8-10H2,1-7H3,(H,41,42,43)/t33-,34+,37+/m0/s1. The number of ether oxygens (including phenoxy) is 5. The molecule has 2 aliphatic heterocycles. The minimum Gasteiger partial charge on any atom is -0.497 e. The third-order valence-electron chi connectivity index (χ3n) is 10.1. The molecule has 7 rings (SSSR count). The van der Waals surface area contributed by atoms with E-state index in [9.17, 15) is 0 Å². The zero-order valence-corrected chi connectivity index (χ0v) is 29.3. The van der Waals surface area contributed by atoms with Gasteiger partial charge in [-0.2, -0.15) is 9.97 Å². The lowest BCUT2D eigenvalue weighted by molar-refractivity contribution is -0.234. The number of methoxy groups -OCH3 is 1. The van der Waals surface area contributed by atoms with Crippen LogP contribution in [0.15, 0.2) is 91.3 Å². The second-order valence-electron chi connectivity index (χ2n) is 13.4. The summed E-state index contributed by atoms with van der Waals surface area (Å²) in [5, 5.41) is 3.80. The minimum absolute atomic E-state index is 0.294. The Morgan fingerprint density at radius 2 is 1.43 bits per heavy atom. The molecule has 10 nitrogen and oxygen atoms in total. The molecule has 10 heteroatoms. The highest BCUT2D eigenvalue weighted by atomic mass is 16.8. The van der Waals surface area contributed by atoms with Crippen molar-refractivity contribution in [3.05, 3.63) is 108 Å². The molecule has 2 aromatic heterocycles. The largest absolute Gasteiger partial charge is 0.497 e. The maximum atomic E-state index is 6.97. The number of hydrogen-bond donors (Lipinski definition) is 1. The smallest absolute Gasteiger partial charge is 0.247 e. The van der Waals surface area contributed by atoms with E-state index in [1.807, 2.05) is 73.9 Å². The fraction of sp³-hybridized carbons (Fsp3) is 0.410. The molecule has 2 fully saturated rings. The van der Waals surface area contributed by atoms with Crippen LogP contribution in [0.2, 0.25) is 0 Å². The highest BCUT2D eigenvalue weighted by Gasteiger charge is 2.69. The zero-order valence-electron chi connectivity index (χ0n) is 29.3. The summed E-state index contributed by atoms with van der Waals surface area (Å²) in [6, 6.07) is 28.7. The Kier molecular flexibility index (Phi) is 8.37. The summed E-state index contributed by atoms with van der Waals surface area (Å²) >= 11 is 0. The molecule has 256 valence electrons. The summed E-state index contributed by atoms with van der Waals surface area (Å²) in [5.41, 5.74) is 1.82. The highest BCUT2D eigenvalue weighted by molar-refractivity contribution is 5.78. The average Bonchev–Trinajstić information content (AvgIpc) is 3.73. The van der Waals surface area contributed by atoms with Gasteiger partial charge >= 0.3 is 0 Å². The molecule has 0 saturated carbocycles. The van der Waals surface area contributed by atoms with Crippen molar-refractivity contribution in [1.82, 2.24) is 19.5 Å². The summed E-state index contributed by atoms with van der Waals surface area (Å²) in [5.74, 6) is 0.718. The number of rotatable bonds is 11. The van der Waals surface area contributed by atoms with E-state index in [0.717, 1.165) is 35.3 Å². The quantitative estimate of drug-likeness (QED) is 0.143. The molecule has 0 aliphatic carbocycles. The van der Waals surface area contributed by atoms with E-state index in [2.05, 4.69) is 62.5 Å². The molecule has 5 aromatic rings. The first-order chi connectivity index (χ1) is 23.6. The number of nitrogens with one attached hydrogen (secondary N) is 1. The Bertz CT molecular complexity index is 1870. The molecular weight excluding hydrogens is 618 g/mol. The van der Waals surface area contributed by atoms with E-state index in [1.165, 1.54) is 0 Å². The monoisotopic (exact) mass is 663 g/mol. The number of benzene rings is 3. The fourth-order valence-electron chi connectivity index (χ4n) is 7.80. The van der Waals surface area contributed by atoms with Gasteiger partial charge in [-0.25, -0.2) is 4.98 Å². The lowest BCUT2D eigenvalue weighted by Crippen LogP contribution is -2.46. The van der Waals surface area contributed by atoms with E-state index in [-0.39, 0.29) is 6.10 Å². The molecule has 0 spiro atoms. The number of nitrogens with zero attached hydrogens (tertiary/aromatic N) is 4. The van der Waals surface area contributed by atoms with E-state index >= 15 is 0 Å². The SMILES string of the molecule is CCOc1nc(NC(c2ccccc2)(c2ccccc2)c2ccc(OC)cc2)nc2c1ncn2[C@@H]1OC(CC)(CC)[C@H]2OC(C)(C)O[C@]21C. The lowest BCUT2D eigenvalue weighted by atomic mass is 9.77. The highest BCUT2D eigenvalue weighted by Crippen LogP contribution is 2.57. The molecule has 4 heterocycles. The number of imidazole rings is 1. The van der Waals surface area contributed by atoms with E-state index in [0.29, 0.717) is 29.6 Å². The molecule has 1 N–H and O–H groups in total. The van der Waals surface area contributed by atoms with Crippen LogP contribution < -0.4 is 14.8 Å². The van der Waals surface area contributed by atoms with Crippen LogP contribution in [0.1, 0.15) is 77.3 Å². The van der Waals surface area contributed by atoms with Gasteiger partial charge in [0, 0.05) is 0 Å². The summed E-state index contributed by atoms with van der Waals surface area (Å²) in [6.07, 6.45) is 2.40. The van der Waals surface area contributed by atoms with Crippen molar-refractivity contribution in [2.45, 2.75) is 89.2 Å². The number of anilines is 1. The topological polar surface area (TPSA) is 102 Å². The number of fused-ring (bicyclic) bond motifs is 2. The van der Waals surface area contributed by atoms with Gasteiger partial charge in [0.15, 0.2) is 23.2 Å². The van der Waals surface area contributed by atoms with Gasteiger partial charge in [0.05, 0.1) is 25.6 Å². The van der Waals surface area contributed by atoms with Gasteiger partial charge in [0.1, 0.15) is 23.0 Å². The van der Waals surface area contributed by atoms with Crippen LogP contribution in [0.3, 0.4) is 0 Å². The van der Waals surface area contributed by atoms with Crippen molar-refractivity contribution in [3.63, 3.8) is 0 Å². The van der Waals surface area contributed by atoms with Crippen LogP contribution in [-0.2, 0) is 19.7 Å². The van der Waals surface area contributed by atoms with Crippen LogP contribution in [0, 0.1) is 0 Å². The molecular formula is C39H45N5O5. The summed E-state index contributed by atoms with van der Waals surface area (Å²) in [7, 11) is 1.67. The molecule has 49 heavy (non-hydrogen) atoms. The molecule has 2 saturated heterocycles. The van der Waals surface area contributed by atoms with Crippen molar-refractivity contribution >= 4 is 17.1 Å². The second-order valence-corrected chi connectivity index (χ2v) is 13.4. The van der Waals surface area contributed by atoms with Crippen LogP contribution in [0.4, 0.5) is 5.95 Å². The van der Waals surface area contributed by atoms with Gasteiger partial charge in [-0.1, -0.05) is 86.6 Å². The van der Waals surface area contributed by atoms with Crippen LogP contribution in [0.25, 0.3) is 11.2 Å². The third kappa shape index (κ3) is 5.33. The molecule has 0 radical (unpaired) electrons. The Hall–Kier alpha value is -4.51. The zero-order chi connectivity index (χ0) is 34.4. The van der Waals surface area contributed by atoms with Crippen molar-refractivity contribution in [1.29, 1.82) is 0 Å². The molecule has 3 aromatic carbocycles. The van der Waals surface area contributed by atoms with E-state index < -0.39 is 28.8 Å². The van der Waals surface area contributed by atoms with E-state index in [4.69, 9.17) is 38.6 Å². The molecule has 3 atom stereocenters. The van der Waals surface area contributed by atoms with Gasteiger partial charge in [0.25, 0.3) is 0 Å². The first-order valence-electron chi connectivity index (χ1n) is 17.1. The molecule has 2 aliphatic rings. The normalized spacial score (nSPS) is 22.6. The first kappa shape index (κ1) is 33.0. The van der Waals surface area contributed by atoms with Gasteiger partial charge in [-0.3, -0.25) is 4.57 Å². The summed E-state index contributed by atoms with van der Waals surface area (Å²) in [4.78, 5) is 14.9. The first-order valence-corrected chi connectivity index (χ1v) is 17.1. The third-order valence-corrected chi connectivity index (χ3v) is 10.1. The van der Waals surface area contributed by atoms with Crippen molar-refractivity contribution < 1.29 is 23.7 Å². The fourth-order valence-corrected chi connectivity index (χ4v) is 7.80. The second kappa shape index (κ2) is 12.4. The summed E-state index contributed by atoms with van der Waals surface area (Å²) < 4.78 is 33.9. The van der Waals surface area contributed by atoms with Gasteiger partial charge in [0.2, 0.25) is 11.8 Å². The molecule has 0 bridgehead atoms. The summed E-state index contributed by atoms with van der Waals surface area (Å²) in [6.45, 7) is 12.6. The average molecular weight is 664 g/mol. The predicted octanol–water partition coefficient (Wildman–Crippen LogP) is 7.64. The van der Waals surface area contributed by atoms with Crippen LogP contribution >= 0.6 is 0 Å². The number of hydrogen-bond acceptors (Lipinski definition) is 9. The van der Waals surface area contributed by atoms with Crippen molar-refractivity contribution in [2.24, 2.45) is 0 Å². The van der Waals surface area contributed by atoms with Crippen molar-refractivity contribution in [2.75, 3.05) is 19.0 Å². The Morgan fingerprint density at radius 1 is 0.816 bits per heavy atom. The Balaban J connectivity index is 1.43. The van der Waals surface area contributed by atoms with Gasteiger partial charge < -0.3 is 29.0 Å². The minimum atomic E-state index is -0.899. The van der Waals surface area contributed by atoms with Gasteiger partial charge in [-0.15, -0.1) is 0 Å². The molecule has 0 unspecified atom stereocenters. The predicted molar refractivity (Wildman–Crippen MR) is 188 cm³/mol.